The molecule has 1 aromatic rings. The molecule has 1 aromatic carbocycles. The van der Waals surface area contributed by atoms with Gasteiger partial charge in [-0.1, -0.05) is 6.92 Å². The second-order valence-corrected chi connectivity index (χ2v) is 6.73. The predicted octanol–water partition coefficient (Wildman–Crippen LogP) is 1.95. The van der Waals surface area contributed by atoms with E-state index in [9.17, 15) is 13.5 Å². The van der Waals surface area contributed by atoms with E-state index in [4.69, 9.17) is 0 Å². The quantitative estimate of drug-likeness (QED) is 0.822. The highest BCUT2D eigenvalue weighted by molar-refractivity contribution is 7.99. The van der Waals surface area contributed by atoms with Gasteiger partial charge in [-0.15, -0.1) is 11.8 Å². The molecule has 0 aliphatic heterocycles. The molecule has 1 rings (SSSR count). The minimum absolute atomic E-state index is 0.306. The molecule has 1 unspecified atom stereocenters. The van der Waals surface area contributed by atoms with Crippen molar-refractivity contribution in [3.63, 3.8) is 0 Å². The smallest absolute Gasteiger partial charge is 0.175 e. The summed E-state index contributed by atoms with van der Waals surface area (Å²) in [6.45, 7) is 1.93. The van der Waals surface area contributed by atoms with E-state index in [-0.39, 0.29) is 6.10 Å². The van der Waals surface area contributed by atoms with Crippen LogP contribution in [0.2, 0.25) is 0 Å². The van der Waals surface area contributed by atoms with Crippen LogP contribution in [0.1, 0.15) is 13.3 Å². The maximum atomic E-state index is 11.2. The van der Waals surface area contributed by atoms with Crippen molar-refractivity contribution in [2.24, 2.45) is 0 Å². The van der Waals surface area contributed by atoms with Gasteiger partial charge in [-0.2, -0.15) is 0 Å². The molecule has 0 saturated heterocycles. The van der Waals surface area contributed by atoms with Gasteiger partial charge in [-0.3, -0.25) is 0 Å². The number of aliphatic hydroxyl groups excluding tert-OH is 1. The van der Waals surface area contributed by atoms with Crippen LogP contribution in [-0.2, 0) is 9.84 Å². The molecule has 1 N–H and O–H groups in total. The van der Waals surface area contributed by atoms with Crippen molar-refractivity contribution in [3.8, 4) is 0 Å². The summed E-state index contributed by atoms with van der Waals surface area (Å²) in [5.74, 6) is 0.634. The molecule has 0 amide bonds. The zero-order valence-corrected chi connectivity index (χ0v) is 11.0. The highest BCUT2D eigenvalue weighted by atomic mass is 32.2. The van der Waals surface area contributed by atoms with Crippen LogP contribution >= 0.6 is 11.8 Å². The molecule has 5 heteroatoms. The van der Waals surface area contributed by atoms with E-state index < -0.39 is 9.84 Å². The number of hydrogen-bond acceptors (Lipinski definition) is 4. The fourth-order valence-corrected chi connectivity index (χ4v) is 2.67. The molecule has 0 bridgehead atoms. The highest BCUT2D eigenvalue weighted by Crippen LogP contribution is 2.21. The molecular weight excluding hydrogens is 244 g/mol. The lowest BCUT2D eigenvalue weighted by atomic mass is 10.3. The van der Waals surface area contributed by atoms with Gasteiger partial charge in [0.15, 0.2) is 9.84 Å². The Kier molecular flexibility index (Phi) is 4.83. The van der Waals surface area contributed by atoms with Crippen LogP contribution < -0.4 is 0 Å². The lowest BCUT2D eigenvalue weighted by Gasteiger charge is -2.07. The fraction of sp³-hybridized carbons (Fsp3) is 0.455. The van der Waals surface area contributed by atoms with E-state index in [2.05, 4.69) is 0 Å². The minimum Gasteiger partial charge on any atom is -0.392 e. The molecule has 1 atom stereocenters. The van der Waals surface area contributed by atoms with Crippen LogP contribution in [0.4, 0.5) is 0 Å². The third-order valence-electron chi connectivity index (χ3n) is 2.17. The van der Waals surface area contributed by atoms with Crippen LogP contribution in [0.25, 0.3) is 0 Å². The third kappa shape index (κ3) is 4.15. The lowest BCUT2D eigenvalue weighted by molar-refractivity contribution is 0.195. The predicted molar refractivity (Wildman–Crippen MR) is 66.6 cm³/mol. The summed E-state index contributed by atoms with van der Waals surface area (Å²) in [5.41, 5.74) is 0. The number of thioether (sulfide) groups is 1. The zero-order chi connectivity index (χ0) is 12.2. The average molecular weight is 260 g/mol. The van der Waals surface area contributed by atoms with Crippen molar-refractivity contribution < 1.29 is 13.5 Å². The van der Waals surface area contributed by atoms with Crippen LogP contribution in [0, 0.1) is 0 Å². The van der Waals surface area contributed by atoms with E-state index in [1.807, 2.05) is 6.92 Å². The molecular formula is C11H16O3S2. The molecule has 0 spiro atoms. The van der Waals surface area contributed by atoms with Crippen LogP contribution in [-0.4, -0.2) is 31.6 Å². The largest absolute Gasteiger partial charge is 0.392 e. The first-order valence-electron chi connectivity index (χ1n) is 5.04. The third-order valence-corrected chi connectivity index (χ3v) is 4.45. The van der Waals surface area contributed by atoms with Crippen molar-refractivity contribution in [2.45, 2.75) is 29.2 Å². The molecule has 0 aliphatic rings. The molecule has 16 heavy (non-hydrogen) atoms. The topological polar surface area (TPSA) is 54.4 Å². The van der Waals surface area contributed by atoms with Gasteiger partial charge >= 0.3 is 0 Å². The van der Waals surface area contributed by atoms with Gasteiger partial charge in [0, 0.05) is 16.9 Å². The maximum Gasteiger partial charge on any atom is 0.175 e. The van der Waals surface area contributed by atoms with Crippen molar-refractivity contribution >= 4 is 21.6 Å². The lowest BCUT2D eigenvalue weighted by Crippen LogP contribution is -2.07. The second kappa shape index (κ2) is 5.70. The summed E-state index contributed by atoms with van der Waals surface area (Å²) in [4.78, 5) is 1.30. The number of hydrogen-bond donors (Lipinski definition) is 1. The standard InChI is InChI=1S/C11H16O3S2/c1-3-9(12)8-15-10-4-6-11(7-5-10)16(2,13)14/h4-7,9,12H,3,8H2,1-2H3. The number of rotatable bonds is 5. The molecule has 0 aromatic heterocycles. The monoisotopic (exact) mass is 260 g/mol. The molecule has 0 saturated carbocycles. The van der Waals surface area contributed by atoms with Gasteiger partial charge in [0.05, 0.1) is 11.0 Å². The van der Waals surface area contributed by atoms with Crippen LogP contribution in [0.3, 0.4) is 0 Å². The maximum absolute atomic E-state index is 11.2. The first-order valence-corrected chi connectivity index (χ1v) is 7.92. The van der Waals surface area contributed by atoms with Gasteiger partial charge in [0.1, 0.15) is 0 Å². The normalized spacial score (nSPS) is 13.7. The Labute approximate surface area is 101 Å². The van der Waals surface area contributed by atoms with Gasteiger partial charge in [-0.25, -0.2) is 8.42 Å². The van der Waals surface area contributed by atoms with Crippen LogP contribution in [0.5, 0.6) is 0 Å². The van der Waals surface area contributed by atoms with E-state index in [0.717, 1.165) is 11.3 Å². The Morgan fingerprint density at radius 1 is 1.31 bits per heavy atom. The molecule has 3 nitrogen and oxygen atoms in total. The summed E-state index contributed by atoms with van der Waals surface area (Å²) < 4.78 is 22.4. The minimum atomic E-state index is -3.11. The molecule has 0 fully saturated rings. The van der Waals surface area contributed by atoms with Gasteiger partial charge in [0.2, 0.25) is 0 Å². The molecule has 0 aliphatic carbocycles. The summed E-state index contributed by atoms with van der Waals surface area (Å²) in [6.07, 6.45) is 1.62. The summed E-state index contributed by atoms with van der Waals surface area (Å²) in [5, 5.41) is 9.39. The van der Waals surface area contributed by atoms with Crippen LogP contribution in [0.15, 0.2) is 34.1 Å². The van der Waals surface area contributed by atoms with Crippen molar-refractivity contribution in [1.29, 1.82) is 0 Å². The van der Waals surface area contributed by atoms with Crippen molar-refractivity contribution in [3.05, 3.63) is 24.3 Å². The second-order valence-electron chi connectivity index (χ2n) is 3.62. The fourth-order valence-electron chi connectivity index (χ4n) is 1.09. The summed E-state index contributed by atoms with van der Waals surface area (Å²) in [7, 11) is -3.11. The highest BCUT2D eigenvalue weighted by Gasteiger charge is 2.07. The Hall–Kier alpha value is -0.520. The summed E-state index contributed by atoms with van der Waals surface area (Å²) in [6, 6.07) is 6.72. The SMILES string of the molecule is CCC(O)CSc1ccc(S(C)(=O)=O)cc1. The molecule has 0 radical (unpaired) electrons. The first-order chi connectivity index (χ1) is 7.43. The molecule has 0 heterocycles. The van der Waals surface area contributed by atoms with Gasteiger partial charge in [0.25, 0.3) is 0 Å². The Morgan fingerprint density at radius 3 is 2.31 bits per heavy atom. The zero-order valence-electron chi connectivity index (χ0n) is 9.38. The Balaban J connectivity index is 2.66. The summed E-state index contributed by atoms with van der Waals surface area (Å²) >= 11 is 1.53. The van der Waals surface area contributed by atoms with Gasteiger partial charge in [-0.05, 0) is 30.7 Å². The number of aliphatic hydroxyl groups is 1. The van der Waals surface area contributed by atoms with E-state index >= 15 is 0 Å². The average Bonchev–Trinajstić information content (AvgIpc) is 2.25. The number of benzene rings is 1. The van der Waals surface area contributed by atoms with Gasteiger partial charge < -0.3 is 5.11 Å². The Morgan fingerprint density at radius 2 is 1.88 bits per heavy atom. The van der Waals surface area contributed by atoms with E-state index in [1.165, 1.54) is 18.0 Å². The van der Waals surface area contributed by atoms with Crippen molar-refractivity contribution in [1.82, 2.24) is 0 Å². The number of sulfone groups is 1. The van der Waals surface area contributed by atoms with E-state index in [1.54, 1.807) is 24.3 Å². The first kappa shape index (κ1) is 13.5. The molecule has 90 valence electrons. The Bertz CT molecular complexity index is 423. The van der Waals surface area contributed by atoms with Crippen molar-refractivity contribution in [2.75, 3.05) is 12.0 Å². The van der Waals surface area contributed by atoms with E-state index in [0.29, 0.717) is 10.6 Å².